The molecule has 4 heteroatoms. The van der Waals surface area contributed by atoms with E-state index in [-0.39, 0.29) is 18.1 Å². The summed E-state index contributed by atoms with van der Waals surface area (Å²) in [6, 6.07) is 0. The van der Waals surface area contributed by atoms with E-state index in [2.05, 4.69) is 11.3 Å². The molecular weight excluding hydrogens is 159 g/mol. The van der Waals surface area contributed by atoms with Crippen molar-refractivity contribution in [1.29, 1.82) is 0 Å². The Bertz CT molecular complexity index is 136. The highest BCUT2D eigenvalue weighted by Gasteiger charge is 2.03. The Balaban J connectivity index is 3.31. The average Bonchev–Trinajstić information content (AvgIpc) is 1.88. The normalized spacial score (nSPS) is 9.00. The van der Waals surface area contributed by atoms with Crippen molar-refractivity contribution < 1.29 is 13.9 Å². The molecule has 0 atom stereocenters. The molecule has 2 nitrogen and oxygen atoms in total. The van der Waals surface area contributed by atoms with Gasteiger partial charge in [-0.05, 0) is 0 Å². The van der Waals surface area contributed by atoms with Crippen LogP contribution in [0.1, 0.15) is 6.42 Å². The minimum Gasteiger partial charge on any atom is -0.461 e. The monoisotopic (exact) mass is 166 g/mol. The Morgan fingerprint density at radius 3 is 2.70 bits per heavy atom. The van der Waals surface area contributed by atoms with Gasteiger partial charge in [0.15, 0.2) is 0 Å². The van der Waals surface area contributed by atoms with Gasteiger partial charge in [-0.3, -0.25) is 4.39 Å². The van der Waals surface area contributed by atoms with Gasteiger partial charge < -0.3 is 4.74 Å². The van der Waals surface area contributed by atoms with E-state index >= 15 is 0 Å². The van der Waals surface area contributed by atoms with Crippen LogP contribution < -0.4 is 0 Å². The molecule has 0 aliphatic rings. The van der Waals surface area contributed by atoms with Crippen molar-refractivity contribution in [3.8, 4) is 0 Å². The maximum atomic E-state index is 11.4. The van der Waals surface area contributed by atoms with Gasteiger partial charge in [-0.25, -0.2) is 4.79 Å². The second-order valence-corrected chi connectivity index (χ2v) is 2.04. The van der Waals surface area contributed by atoms with Gasteiger partial charge in [0.2, 0.25) is 0 Å². The number of hydrogen-bond acceptors (Lipinski definition) is 2. The van der Waals surface area contributed by atoms with Gasteiger partial charge in [-0.1, -0.05) is 18.2 Å². The molecule has 0 aliphatic heterocycles. The van der Waals surface area contributed by atoms with E-state index in [1.54, 1.807) is 0 Å². The average molecular weight is 167 g/mol. The molecule has 0 bridgehead atoms. The van der Waals surface area contributed by atoms with Crippen molar-refractivity contribution >= 4 is 17.6 Å². The van der Waals surface area contributed by atoms with Gasteiger partial charge >= 0.3 is 5.97 Å². The molecule has 0 radical (unpaired) electrons. The van der Waals surface area contributed by atoms with Crippen LogP contribution in [0.3, 0.4) is 0 Å². The van der Waals surface area contributed by atoms with E-state index in [1.165, 1.54) is 0 Å². The molecule has 0 spiro atoms. The molecule has 0 aliphatic carbocycles. The summed E-state index contributed by atoms with van der Waals surface area (Å²) in [5.41, 5.74) is 0. The van der Waals surface area contributed by atoms with E-state index < -0.39 is 12.6 Å². The minimum atomic E-state index is -0.685. The van der Waals surface area contributed by atoms with Crippen molar-refractivity contribution in [3.05, 3.63) is 11.6 Å². The van der Waals surface area contributed by atoms with Crippen LogP contribution in [0.5, 0.6) is 0 Å². The lowest BCUT2D eigenvalue weighted by atomic mass is 10.5. The molecule has 0 amide bonds. The van der Waals surface area contributed by atoms with Gasteiger partial charge in [0.05, 0.1) is 13.3 Å². The number of hydrogen-bond donors (Lipinski definition) is 0. The number of ether oxygens (including phenoxy) is 1. The summed E-state index contributed by atoms with van der Waals surface area (Å²) in [5, 5.41) is -0.182. The number of rotatable bonds is 4. The van der Waals surface area contributed by atoms with Gasteiger partial charge in [0.1, 0.15) is 5.03 Å². The van der Waals surface area contributed by atoms with Gasteiger partial charge in [0.25, 0.3) is 0 Å². The second-order valence-electron chi connectivity index (χ2n) is 1.58. The highest BCUT2D eigenvalue weighted by molar-refractivity contribution is 6.40. The zero-order valence-corrected chi connectivity index (χ0v) is 6.16. The zero-order chi connectivity index (χ0) is 7.98. The third-order valence-corrected chi connectivity index (χ3v) is 0.887. The molecule has 0 aromatic carbocycles. The van der Waals surface area contributed by atoms with Gasteiger partial charge in [-0.15, -0.1) is 0 Å². The summed E-state index contributed by atoms with van der Waals surface area (Å²) in [6.45, 7) is 2.69. The Morgan fingerprint density at radius 1 is 1.70 bits per heavy atom. The highest BCUT2D eigenvalue weighted by Crippen LogP contribution is 1.99. The van der Waals surface area contributed by atoms with Crippen LogP contribution in [-0.2, 0) is 9.53 Å². The van der Waals surface area contributed by atoms with E-state index in [9.17, 15) is 9.18 Å². The van der Waals surface area contributed by atoms with Gasteiger partial charge in [0, 0.05) is 6.42 Å². The predicted molar refractivity (Wildman–Crippen MR) is 36.5 cm³/mol. The number of esters is 1. The maximum Gasteiger partial charge on any atom is 0.349 e. The Kier molecular flexibility index (Phi) is 4.94. The fourth-order valence-electron chi connectivity index (χ4n) is 0.298. The smallest absolute Gasteiger partial charge is 0.349 e. The third kappa shape index (κ3) is 4.32. The SMILES string of the molecule is C=C(Cl)C(=O)OCCCF. The first kappa shape index (κ1) is 9.43. The minimum absolute atomic E-state index is 0.0566. The molecule has 0 saturated carbocycles. The van der Waals surface area contributed by atoms with Crippen LogP contribution >= 0.6 is 11.6 Å². The molecule has 0 rings (SSSR count). The second kappa shape index (κ2) is 5.23. The fraction of sp³-hybridized carbons (Fsp3) is 0.500. The van der Waals surface area contributed by atoms with Crippen molar-refractivity contribution in [3.63, 3.8) is 0 Å². The first-order chi connectivity index (χ1) is 4.68. The van der Waals surface area contributed by atoms with Crippen LogP contribution in [0.4, 0.5) is 4.39 Å². The Morgan fingerprint density at radius 2 is 2.30 bits per heavy atom. The lowest BCUT2D eigenvalue weighted by Gasteiger charge is -1.99. The summed E-state index contributed by atoms with van der Waals surface area (Å²) in [4.78, 5) is 10.4. The molecule has 58 valence electrons. The predicted octanol–water partition coefficient (Wildman–Crippen LogP) is 1.64. The Labute approximate surface area is 63.6 Å². The summed E-state index contributed by atoms with van der Waals surface area (Å²) in [7, 11) is 0. The van der Waals surface area contributed by atoms with E-state index in [1.807, 2.05) is 0 Å². The van der Waals surface area contributed by atoms with Crippen LogP contribution in [0.2, 0.25) is 0 Å². The van der Waals surface area contributed by atoms with Crippen molar-refractivity contribution in [2.75, 3.05) is 13.3 Å². The van der Waals surface area contributed by atoms with Crippen molar-refractivity contribution in [2.45, 2.75) is 6.42 Å². The van der Waals surface area contributed by atoms with Crippen LogP contribution in [0.25, 0.3) is 0 Å². The van der Waals surface area contributed by atoms with E-state index in [0.717, 1.165) is 0 Å². The standard InChI is InChI=1S/C6H8ClFO2/c1-5(7)6(9)10-4-2-3-8/h1-4H2. The summed E-state index contributed by atoms with van der Waals surface area (Å²) in [6.07, 6.45) is 0.204. The molecule has 0 aromatic heterocycles. The molecule has 10 heavy (non-hydrogen) atoms. The first-order valence-corrected chi connectivity index (χ1v) is 3.13. The molecular formula is C6H8ClFO2. The summed E-state index contributed by atoms with van der Waals surface area (Å²) < 4.78 is 15.8. The molecule has 0 aromatic rings. The number of halogens is 2. The molecule has 0 unspecified atom stereocenters. The van der Waals surface area contributed by atoms with E-state index in [4.69, 9.17) is 11.6 Å². The summed E-state index contributed by atoms with van der Waals surface area (Å²) >= 11 is 5.14. The highest BCUT2D eigenvalue weighted by atomic mass is 35.5. The van der Waals surface area contributed by atoms with Crippen LogP contribution in [-0.4, -0.2) is 19.3 Å². The van der Waals surface area contributed by atoms with Crippen molar-refractivity contribution in [1.82, 2.24) is 0 Å². The molecule has 0 fully saturated rings. The van der Waals surface area contributed by atoms with Crippen molar-refractivity contribution in [2.24, 2.45) is 0 Å². The number of alkyl halides is 1. The Hall–Kier alpha value is -0.570. The van der Waals surface area contributed by atoms with Crippen LogP contribution in [0.15, 0.2) is 11.6 Å². The lowest BCUT2D eigenvalue weighted by Crippen LogP contribution is -2.05. The third-order valence-electron chi connectivity index (χ3n) is 0.733. The zero-order valence-electron chi connectivity index (χ0n) is 5.40. The quantitative estimate of drug-likeness (QED) is 0.361. The molecule has 0 heterocycles. The number of carbonyl (C=O) groups excluding carboxylic acids is 1. The lowest BCUT2D eigenvalue weighted by molar-refractivity contribution is -0.138. The molecule has 0 saturated heterocycles. The van der Waals surface area contributed by atoms with Gasteiger partial charge in [-0.2, -0.15) is 0 Å². The largest absolute Gasteiger partial charge is 0.461 e. The van der Waals surface area contributed by atoms with Crippen LogP contribution in [0, 0.1) is 0 Å². The first-order valence-electron chi connectivity index (χ1n) is 2.76. The molecule has 0 N–H and O–H groups in total. The van der Waals surface area contributed by atoms with E-state index in [0.29, 0.717) is 0 Å². The summed E-state index contributed by atoms with van der Waals surface area (Å²) in [5.74, 6) is -0.685. The fourth-order valence-corrected chi connectivity index (χ4v) is 0.352. The topological polar surface area (TPSA) is 26.3 Å². The maximum absolute atomic E-state index is 11.4. The number of carbonyl (C=O) groups is 1.